The number of rotatable bonds is 24. The number of ketones is 1. The van der Waals surface area contributed by atoms with Crippen molar-refractivity contribution in [3.05, 3.63) is 53.4 Å². The molecular weight excluding hydrogens is 620 g/mol. The minimum Gasteiger partial charge on any atom is -0.481 e. The molecule has 1 aromatic heterocycles. The number of allylic oxidation sites excluding steroid dienone is 1. The molecule has 3 atom stereocenters. The van der Waals surface area contributed by atoms with Crippen LogP contribution in [0.3, 0.4) is 0 Å². The molecule has 0 spiro atoms. The Balaban J connectivity index is 2.04. The number of aliphatic carboxylic acids is 3. The van der Waals surface area contributed by atoms with E-state index in [4.69, 9.17) is 4.52 Å². The molecule has 2 aromatic rings. The van der Waals surface area contributed by atoms with Crippen molar-refractivity contribution in [1.29, 1.82) is 0 Å². The average molecular weight is 671 g/mol. The minimum atomic E-state index is -3.03. The highest BCUT2D eigenvalue weighted by Gasteiger charge is 2.49. The molecule has 0 radical (unpaired) electrons. The molecular formula is C36H50N2O10. The summed E-state index contributed by atoms with van der Waals surface area (Å²) in [5.74, 6) is -7.10. The second-order valence-corrected chi connectivity index (χ2v) is 12.4. The molecule has 0 fully saturated rings. The van der Waals surface area contributed by atoms with E-state index in [1.54, 1.807) is 38.1 Å². The van der Waals surface area contributed by atoms with E-state index in [2.05, 4.69) is 17.4 Å². The first-order chi connectivity index (χ1) is 22.8. The van der Waals surface area contributed by atoms with Gasteiger partial charge in [0.05, 0.1) is 18.0 Å². The van der Waals surface area contributed by atoms with Gasteiger partial charge in [0.1, 0.15) is 17.6 Å². The third-order valence-electron chi connectivity index (χ3n) is 8.38. The highest BCUT2D eigenvalue weighted by molar-refractivity contribution is 5.94. The molecule has 0 saturated carbocycles. The van der Waals surface area contributed by atoms with E-state index >= 15 is 0 Å². The van der Waals surface area contributed by atoms with Crippen LogP contribution in [0.1, 0.15) is 107 Å². The van der Waals surface area contributed by atoms with Gasteiger partial charge in [-0.25, -0.2) is 9.59 Å². The van der Waals surface area contributed by atoms with Crippen molar-refractivity contribution in [2.45, 2.75) is 122 Å². The van der Waals surface area contributed by atoms with Crippen LogP contribution in [0.25, 0.3) is 11.1 Å². The standard InChI is InChI=1S/C36H50N2O10/c1-4-5-6-9-12-15-28(39)16-13-10-7-8-11-14-17-29(36(47,35(45)46)23-31(40)41)33(42)37-30(34(43)44)22-26-18-20-27(21-19-26)32-24(2)38-48-25(32)3/h14,17-21,29-30,47H,4-13,15-16,22-23H2,1-3H3,(H,37,42)(H,40,41)(H,43,44)(H,45,46)/b17-14+/t29-,30+,36+/m1/s1. The number of amides is 1. The first-order valence-corrected chi connectivity index (χ1v) is 16.7. The predicted molar refractivity (Wildman–Crippen MR) is 178 cm³/mol. The number of Topliss-reactive ketones (excluding diaryl/α,β-unsaturated/α-hetero) is 1. The molecule has 1 amide bonds. The number of benzene rings is 1. The van der Waals surface area contributed by atoms with Crippen LogP contribution in [0.4, 0.5) is 0 Å². The van der Waals surface area contributed by atoms with Crippen LogP contribution in [0.15, 0.2) is 40.9 Å². The topological polar surface area (TPSA) is 204 Å². The molecule has 0 aliphatic rings. The number of aliphatic hydroxyl groups is 1. The van der Waals surface area contributed by atoms with Crippen LogP contribution in [-0.2, 0) is 30.4 Å². The molecule has 0 bridgehead atoms. The van der Waals surface area contributed by atoms with Gasteiger partial charge in [-0.05, 0) is 50.7 Å². The number of carbonyl (C=O) groups excluding carboxylic acids is 2. The predicted octanol–water partition coefficient (Wildman–Crippen LogP) is 5.80. The summed E-state index contributed by atoms with van der Waals surface area (Å²) in [6.07, 6.45) is 11.2. The Hall–Kier alpha value is -4.32. The summed E-state index contributed by atoms with van der Waals surface area (Å²) in [5, 5.41) is 46.2. The van der Waals surface area contributed by atoms with Gasteiger partial charge in [-0.3, -0.25) is 14.4 Å². The number of aromatic nitrogens is 1. The van der Waals surface area contributed by atoms with Crippen molar-refractivity contribution >= 4 is 29.6 Å². The normalized spacial score (nSPS) is 13.9. The van der Waals surface area contributed by atoms with E-state index in [9.17, 15) is 44.4 Å². The third kappa shape index (κ3) is 12.7. The molecule has 5 N–H and O–H groups in total. The highest BCUT2D eigenvalue weighted by atomic mass is 16.5. The van der Waals surface area contributed by atoms with E-state index in [1.165, 1.54) is 12.5 Å². The summed E-state index contributed by atoms with van der Waals surface area (Å²) in [4.78, 5) is 61.2. The van der Waals surface area contributed by atoms with Crippen LogP contribution >= 0.6 is 0 Å². The van der Waals surface area contributed by atoms with E-state index in [1.807, 2.05) is 0 Å². The minimum absolute atomic E-state index is 0.162. The van der Waals surface area contributed by atoms with Gasteiger partial charge in [-0.2, -0.15) is 0 Å². The Labute approximate surface area is 281 Å². The fraction of sp³-hybridized carbons (Fsp3) is 0.556. The van der Waals surface area contributed by atoms with Crippen LogP contribution < -0.4 is 5.32 Å². The van der Waals surface area contributed by atoms with Crippen LogP contribution in [0, 0.1) is 19.8 Å². The zero-order valence-electron chi connectivity index (χ0n) is 28.2. The quantitative estimate of drug-likeness (QED) is 0.0666. The molecule has 2 rings (SSSR count). The van der Waals surface area contributed by atoms with Gasteiger partial charge in [-0.15, -0.1) is 0 Å². The van der Waals surface area contributed by atoms with Gasteiger partial charge < -0.3 is 30.3 Å². The smallest absolute Gasteiger partial charge is 0.337 e. The number of hydrogen-bond donors (Lipinski definition) is 5. The van der Waals surface area contributed by atoms with Crippen molar-refractivity contribution in [1.82, 2.24) is 10.5 Å². The SMILES string of the molecule is CCCCCCCC(=O)CCCCCC/C=C/[C@H](C(=O)N[C@@H](Cc1ccc(-c2c(C)noc2C)cc1)C(=O)O)[C@@](O)(CC(=O)O)C(=O)O. The van der Waals surface area contributed by atoms with Gasteiger partial charge in [0.2, 0.25) is 5.91 Å². The Bertz CT molecular complexity index is 1380. The summed E-state index contributed by atoms with van der Waals surface area (Å²) < 4.78 is 5.20. The Kier molecular flexibility index (Phi) is 16.7. The number of carbonyl (C=O) groups is 5. The number of aryl methyl sites for hydroxylation is 2. The van der Waals surface area contributed by atoms with E-state index < -0.39 is 47.8 Å². The first-order valence-electron chi connectivity index (χ1n) is 16.7. The molecule has 48 heavy (non-hydrogen) atoms. The highest BCUT2D eigenvalue weighted by Crippen LogP contribution is 2.28. The summed E-state index contributed by atoms with van der Waals surface area (Å²) >= 11 is 0. The van der Waals surface area contributed by atoms with Gasteiger partial charge in [0.25, 0.3) is 0 Å². The first kappa shape index (κ1) is 39.9. The molecule has 264 valence electrons. The number of carboxylic acids is 3. The van der Waals surface area contributed by atoms with E-state index in [0.29, 0.717) is 42.7 Å². The monoisotopic (exact) mass is 670 g/mol. The maximum atomic E-state index is 13.4. The Morgan fingerprint density at radius 3 is 2.02 bits per heavy atom. The molecule has 0 unspecified atom stereocenters. The summed E-state index contributed by atoms with van der Waals surface area (Å²) in [5.41, 5.74) is -0.166. The maximum Gasteiger partial charge on any atom is 0.337 e. The summed E-state index contributed by atoms with van der Waals surface area (Å²) in [6, 6.07) is 5.39. The van der Waals surface area contributed by atoms with Crippen molar-refractivity contribution < 1.29 is 48.9 Å². The molecule has 0 aliphatic carbocycles. The number of hydrogen-bond acceptors (Lipinski definition) is 8. The maximum absolute atomic E-state index is 13.4. The number of unbranched alkanes of at least 4 members (excludes halogenated alkanes) is 8. The largest absolute Gasteiger partial charge is 0.481 e. The summed E-state index contributed by atoms with van der Waals surface area (Å²) in [7, 11) is 0. The van der Waals surface area contributed by atoms with Crippen molar-refractivity contribution in [2.24, 2.45) is 5.92 Å². The molecule has 12 heteroatoms. The Morgan fingerprint density at radius 1 is 0.896 bits per heavy atom. The molecule has 1 aromatic carbocycles. The number of nitrogens with zero attached hydrogens (tertiary/aromatic N) is 1. The number of nitrogens with one attached hydrogen (secondary N) is 1. The van der Waals surface area contributed by atoms with E-state index in [-0.39, 0.29) is 12.2 Å². The zero-order chi connectivity index (χ0) is 35.7. The molecule has 0 aliphatic heterocycles. The fourth-order valence-corrected chi connectivity index (χ4v) is 5.63. The van der Waals surface area contributed by atoms with Crippen molar-refractivity contribution in [2.75, 3.05) is 0 Å². The van der Waals surface area contributed by atoms with Crippen LogP contribution in [-0.4, -0.2) is 66.8 Å². The summed E-state index contributed by atoms with van der Waals surface area (Å²) in [6.45, 7) is 5.72. The average Bonchev–Trinajstić information content (AvgIpc) is 3.36. The van der Waals surface area contributed by atoms with Gasteiger partial charge in [0, 0.05) is 24.8 Å². The lowest BCUT2D eigenvalue weighted by Gasteiger charge is -2.29. The fourth-order valence-electron chi connectivity index (χ4n) is 5.63. The molecule has 0 saturated heterocycles. The third-order valence-corrected chi connectivity index (χ3v) is 8.38. The molecule has 12 nitrogen and oxygen atoms in total. The lowest BCUT2D eigenvalue weighted by molar-refractivity contribution is -0.172. The Morgan fingerprint density at radius 2 is 1.50 bits per heavy atom. The van der Waals surface area contributed by atoms with Gasteiger partial charge in [0.15, 0.2) is 5.60 Å². The lowest BCUT2D eigenvalue weighted by Crippen LogP contribution is -2.55. The second kappa shape index (κ2) is 20.1. The van der Waals surface area contributed by atoms with Crippen molar-refractivity contribution in [3.8, 4) is 11.1 Å². The van der Waals surface area contributed by atoms with Crippen LogP contribution in [0.5, 0.6) is 0 Å². The van der Waals surface area contributed by atoms with Gasteiger partial charge in [-0.1, -0.05) is 87.0 Å². The second-order valence-electron chi connectivity index (χ2n) is 12.4. The van der Waals surface area contributed by atoms with Gasteiger partial charge >= 0.3 is 17.9 Å². The zero-order valence-corrected chi connectivity index (χ0v) is 28.2. The number of carboxylic acid groups (broad SMARTS) is 3. The van der Waals surface area contributed by atoms with Crippen molar-refractivity contribution in [3.63, 3.8) is 0 Å². The van der Waals surface area contributed by atoms with E-state index in [0.717, 1.165) is 62.1 Å². The van der Waals surface area contributed by atoms with Crippen LogP contribution in [0.2, 0.25) is 0 Å². The molecule has 1 heterocycles. The lowest BCUT2D eigenvalue weighted by atomic mass is 9.82.